The Morgan fingerprint density at radius 3 is 2.14 bits per heavy atom. The van der Waals surface area contributed by atoms with Crippen molar-refractivity contribution in [3.05, 3.63) is 29.8 Å². The first-order valence-corrected chi connectivity index (χ1v) is 8.29. The number of halogens is 2. The third-order valence-corrected chi connectivity index (χ3v) is 3.60. The van der Waals surface area contributed by atoms with Gasteiger partial charge in [0.05, 0.1) is 0 Å². The van der Waals surface area contributed by atoms with Crippen LogP contribution in [0.2, 0.25) is 0 Å². The van der Waals surface area contributed by atoms with Crippen molar-refractivity contribution in [2.24, 2.45) is 0 Å². The van der Waals surface area contributed by atoms with Crippen LogP contribution in [0, 0.1) is 11.6 Å². The van der Waals surface area contributed by atoms with Crippen molar-refractivity contribution in [3.63, 3.8) is 0 Å². The summed E-state index contributed by atoms with van der Waals surface area (Å²) < 4.78 is 30.9. The molecule has 0 heterocycles. The maximum Gasteiger partial charge on any atom is 0.311 e. The highest BCUT2D eigenvalue weighted by Crippen LogP contribution is 2.18. The molecule has 0 fully saturated rings. The summed E-state index contributed by atoms with van der Waals surface area (Å²) in [4.78, 5) is 11.6. The van der Waals surface area contributed by atoms with Crippen LogP contribution >= 0.6 is 0 Å². The number of carbonyl (C=O) groups excluding carboxylic acids is 1. The molecule has 22 heavy (non-hydrogen) atoms. The van der Waals surface area contributed by atoms with Crippen LogP contribution in [0.1, 0.15) is 71.1 Å². The number of rotatable bonds is 11. The fraction of sp³-hybridized carbons (Fsp3) is 0.611. The molecule has 0 radical (unpaired) electrons. The maximum atomic E-state index is 13.3. The standard InChI is InChI=1S/C18H26F2O2/c1-2-3-4-5-6-7-8-9-10-11-18(21)22-17-13-12-15(19)14-16(17)20/h12-14H,2-11H2,1H3. The van der Waals surface area contributed by atoms with Gasteiger partial charge in [0.2, 0.25) is 0 Å². The van der Waals surface area contributed by atoms with Gasteiger partial charge < -0.3 is 4.74 Å². The highest BCUT2D eigenvalue weighted by atomic mass is 19.1. The molecule has 0 aliphatic carbocycles. The van der Waals surface area contributed by atoms with E-state index in [-0.39, 0.29) is 12.2 Å². The monoisotopic (exact) mass is 312 g/mol. The maximum absolute atomic E-state index is 13.3. The molecule has 0 amide bonds. The molecule has 1 aromatic rings. The summed E-state index contributed by atoms with van der Waals surface area (Å²) in [6.07, 6.45) is 10.7. The quantitative estimate of drug-likeness (QED) is 0.293. The van der Waals surface area contributed by atoms with Gasteiger partial charge in [-0.1, -0.05) is 58.3 Å². The molecule has 4 heteroatoms. The van der Waals surface area contributed by atoms with E-state index >= 15 is 0 Å². The van der Waals surface area contributed by atoms with Gasteiger partial charge in [-0.05, 0) is 18.6 Å². The van der Waals surface area contributed by atoms with Gasteiger partial charge in [-0.25, -0.2) is 8.78 Å². The van der Waals surface area contributed by atoms with E-state index in [1.54, 1.807) is 0 Å². The average molecular weight is 312 g/mol. The second-order valence-electron chi connectivity index (χ2n) is 5.63. The largest absolute Gasteiger partial charge is 0.423 e. The Labute approximate surface area is 131 Å². The van der Waals surface area contributed by atoms with E-state index in [9.17, 15) is 13.6 Å². The third kappa shape index (κ3) is 8.11. The van der Waals surface area contributed by atoms with Crippen LogP contribution in [0.5, 0.6) is 5.75 Å². The second kappa shape index (κ2) is 11.2. The van der Waals surface area contributed by atoms with Crippen LogP contribution in [0.15, 0.2) is 18.2 Å². The lowest BCUT2D eigenvalue weighted by atomic mass is 10.1. The molecule has 0 aliphatic heterocycles. The molecule has 2 nitrogen and oxygen atoms in total. The molecule has 1 aromatic carbocycles. The van der Waals surface area contributed by atoms with E-state index in [4.69, 9.17) is 4.74 Å². The average Bonchev–Trinajstić information content (AvgIpc) is 2.48. The van der Waals surface area contributed by atoms with Crippen molar-refractivity contribution in [2.75, 3.05) is 0 Å². The summed E-state index contributed by atoms with van der Waals surface area (Å²) in [5.41, 5.74) is 0. The Balaban J connectivity index is 2.06. The van der Waals surface area contributed by atoms with Crippen molar-refractivity contribution in [1.82, 2.24) is 0 Å². The normalized spacial score (nSPS) is 10.7. The SMILES string of the molecule is CCCCCCCCCCCC(=O)Oc1ccc(F)cc1F. The first-order valence-electron chi connectivity index (χ1n) is 8.29. The number of benzene rings is 1. The molecule has 0 saturated carbocycles. The van der Waals surface area contributed by atoms with Crippen LogP contribution in [0.3, 0.4) is 0 Å². The molecule has 0 spiro atoms. The minimum Gasteiger partial charge on any atom is -0.423 e. The Morgan fingerprint density at radius 1 is 0.955 bits per heavy atom. The van der Waals surface area contributed by atoms with Crippen molar-refractivity contribution in [3.8, 4) is 5.75 Å². The van der Waals surface area contributed by atoms with E-state index in [0.29, 0.717) is 6.07 Å². The molecular formula is C18H26F2O2. The summed E-state index contributed by atoms with van der Waals surface area (Å²) in [5, 5.41) is 0. The summed E-state index contributed by atoms with van der Waals surface area (Å²) in [7, 11) is 0. The summed E-state index contributed by atoms with van der Waals surface area (Å²) in [6, 6.07) is 2.92. The zero-order chi connectivity index (χ0) is 16.2. The third-order valence-electron chi connectivity index (χ3n) is 3.60. The smallest absolute Gasteiger partial charge is 0.311 e. The summed E-state index contributed by atoms with van der Waals surface area (Å²) in [6.45, 7) is 2.21. The second-order valence-corrected chi connectivity index (χ2v) is 5.63. The molecular weight excluding hydrogens is 286 g/mol. The number of hydrogen-bond donors (Lipinski definition) is 0. The molecule has 0 unspecified atom stereocenters. The Morgan fingerprint density at radius 2 is 1.55 bits per heavy atom. The fourth-order valence-electron chi connectivity index (χ4n) is 2.31. The fourth-order valence-corrected chi connectivity index (χ4v) is 2.31. The molecule has 0 saturated heterocycles. The number of esters is 1. The lowest BCUT2D eigenvalue weighted by molar-refractivity contribution is -0.134. The van der Waals surface area contributed by atoms with E-state index < -0.39 is 17.6 Å². The van der Waals surface area contributed by atoms with E-state index in [1.807, 2.05) is 0 Å². The number of ether oxygens (including phenoxy) is 1. The highest BCUT2D eigenvalue weighted by molar-refractivity contribution is 5.72. The molecule has 1 rings (SSSR count). The van der Waals surface area contributed by atoms with Crippen molar-refractivity contribution in [1.29, 1.82) is 0 Å². The Hall–Kier alpha value is -1.45. The predicted molar refractivity (Wildman–Crippen MR) is 83.8 cm³/mol. The van der Waals surface area contributed by atoms with E-state index in [0.717, 1.165) is 31.4 Å². The zero-order valence-corrected chi connectivity index (χ0v) is 13.4. The van der Waals surface area contributed by atoms with Crippen LogP contribution in [0.4, 0.5) is 8.78 Å². The lowest BCUT2D eigenvalue weighted by Gasteiger charge is -2.05. The van der Waals surface area contributed by atoms with Crippen LogP contribution in [0.25, 0.3) is 0 Å². The van der Waals surface area contributed by atoms with Gasteiger partial charge in [0.25, 0.3) is 0 Å². The van der Waals surface area contributed by atoms with E-state index in [1.165, 1.54) is 38.5 Å². The first-order chi connectivity index (χ1) is 10.6. The van der Waals surface area contributed by atoms with Crippen molar-refractivity contribution >= 4 is 5.97 Å². The summed E-state index contributed by atoms with van der Waals surface area (Å²) in [5.74, 6) is -2.20. The van der Waals surface area contributed by atoms with Gasteiger partial charge in [-0.3, -0.25) is 4.79 Å². The highest BCUT2D eigenvalue weighted by Gasteiger charge is 2.10. The minimum absolute atomic E-state index is 0.206. The van der Waals surface area contributed by atoms with Crippen molar-refractivity contribution in [2.45, 2.75) is 71.1 Å². The van der Waals surface area contributed by atoms with Crippen LogP contribution < -0.4 is 4.74 Å². The molecule has 124 valence electrons. The molecule has 0 aromatic heterocycles. The van der Waals surface area contributed by atoms with E-state index in [2.05, 4.69) is 6.92 Å². The topological polar surface area (TPSA) is 26.3 Å². The van der Waals surface area contributed by atoms with Crippen LogP contribution in [-0.4, -0.2) is 5.97 Å². The van der Waals surface area contributed by atoms with Gasteiger partial charge in [0.15, 0.2) is 11.6 Å². The zero-order valence-electron chi connectivity index (χ0n) is 13.4. The molecule has 0 bridgehead atoms. The number of carbonyl (C=O) groups is 1. The van der Waals surface area contributed by atoms with Crippen molar-refractivity contribution < 1.29 is 18.3 Å². The lowest BCUT2D eigenvalue weighted by Crippen LogP contribution is -2.08. The van der Waals surface area contributed by atoms with Gasteiger partial charge in [-0.15, -0.1) is 0 Å². The predicted octanol–water partition coefficient (Wildman–Crippen LogP) is 5.79. The minimum atomic E-state index is -0.847. The molecule has 0 N–H and O–H groups in total. The number of unbranched alkanes of at least 4 members (excludes halogenated alkanes) is 8. The van der Waals surface area contributed by atoms with Gasteiger partial charge in [0, 0.05) is 12.5 Å². The van der Waals surface area contributed by atoms with Crippen LogP contribution in [-0.2, 0) is 4.79 Å². The molecule has 0 aliphatic rings. The van der Waals surface area contributed by atoms with Gasteiger partial charge in [-0.2, -0.15) is 0 Å². The van der Waals surface area contributed by atoms with Gasteiger partial charge in [0.1, 0.15) is 5.82 Å². The first kappa shape index (κ1) is 18.6. The number of hydrogen-bond acceptors (Lipinski definition) is 2. The Kier molecular flexibility index (Phi) is 9.44. The Bertz CT molecular complexity index is 447. The molecule has 0 atom stereocenters. The van der Waals surface area contributed by atoms with Gasteiger partial charge >= 0.3 is 5.97 Å². The summed E-state index contributed by atoms with van der Waals surface area (Å²) >= 11 is 0.